The summed E-state index contributed by atoms with van der Waals surface area (Å²) < 4.78 is 22.9. The number of aryl methyl sites for hydroxylation is 1. The Morgan fingerprint density at radius 3 is 2.61 bits per heavy atom. The summed E-state index contributed by atoms with van der Waals surface area (Å²) >= 11 is 0. The first-order chi connectivity index (χ1) is 16.0. The van der Waals surface area contributed by atoms with E-state index in [0.29, 0.717) is 32.8 Å². The third kappa shape index (κ3) is 7.47. The van der Waals surface area contributed by atoms with Crippen LogP contribution in [0, 0.1) is 18.8 Å². The van der Waals surface area contributed by atoms with Crippen molar-refractivity contribution >= 4 is 11.7 Å². The zero-order chi connectivity index (χ0) is 23.6. The Balaban J connectivity index is 1.61. The van der Waals surface area contributed by atoms with Crippen LogP contribution in [0.4, 0.5) is 5.69 Å². The lowest BCUT2D eigenvalue weighted by Gasteiger charge is -2.25. The van der Waals surface area contributed by atoms with Crippen LogP contribution in [0.25, 0.3) is 0 Å². The lowest BCUT2D eigenvalue weighted by Crippen LogP contribution is -2.37. The summed E-state index contributed by atoms with van der Waals surface area (Å²) in [5.74, 6) is 0.958. The molecule has 3 atom stereocenters. The number of carbonyl (C=O) groups excluding carboxylic acids is 1. The molecule has 0 unspecified atom stereocenters. The fraction of sp³-hybridized carbons (Fsp3) is 0.519. The zero-order valence-corrected chi connectivity index (χ0v) is 20.2. The molecule has 0 saturated carbocycles. The van der Waals surface area contributed by atoms with Gasteiger partial charge in [0, 0.05) is 32.2 Å². The highest BCUT2D eigenvalue weighted by atomic mass is 16.6. The quantitative estimate of drug-likeness (QED) is 0.339. The molecule has 0 aliphatic carbocycles. The summed E-state index contributed by atoms with van der Waals surface area (Å²) in [4.78, 5) is 12.4. The van der Waals surface area contributed by atoms with Crippen LogP contribution in [-0.4, -0.2) is 45.0 Å². The number of carbonyl (C=O) groups is 1. The number of rotatable bonds is 13. The summed E-state index contributed by atoms with van der Waals surface area (Å²) in [6.07, 6.45) is 1.33. The molecule has 1 aliphatic heterocycles. The van der Waals surface area contributed by atoms with E-state index < -0.39 is 0 Å². The number of nitrogens with one attached hydrogen (secondary N) is 1. The smallest absolute Gasteiger partial charge is 0.309 e. The Morgan fingerprint density at radius 1 is 1.12 bits per heavy atom. The zero-order valence-electron chi connectivity index (χ0n) is 20.2. The molecule has 1 heterocycles. The van der Waals surface area contributed by atoms with Gasteiger partial charge >= 0.3 is 5.97 Å². The van der Waals surface area contributed by atoms with Gasteiger partial charge in [-0.2, -0.15) is 0 Å². The average Bonchev–Trinajstić information content (AvgIpc) is 3.20. The van der Waals surface area contributed by atoms with Gasteiger partial charge in [-0.15, -0.1) is 0 Å². The monoisotopic (exact) mass is 455 g/mol. The molecule has 2 aromatic carbocycles. The molecular formula is C27H37NO5. The van der Waals surface area contributed by atoms with E-state index in [1.807, 2.05) is 43.3 Å². The van der Waals surface area contributed by atoms with Gasteiger partial charge in [0.25, 0.3) is 0 Å². The molecule has 1 N–H and O–H groups in total. The lowest BCUT2D eigenvalue weighted by molar-refractivity contribution is -0.146. The van der Waals surface area contributed by atoms with Crippen molar-refractivity contribution in [1.82, 2.24) is 0 Å². The minimum Gasteiger partial charge on any atom is -0.493 e. The molecule has 1 aliphatic rings. The molecule has 0 bridgehead atoms. The molecule has 6 heteroatoms. The van der Waals surface area contributed by atoms with E-state index in [9.17, 15) is 4.79 Å². The third-order valence-corrected chi connectivity index (χ3v) is 6.00. The molecule has 6 nitrogen and oxygen atoms in total. The highest BCUT2D eigenvalue weighted by molar-refractivity contribution is 5.75. The highest BCUT2D eigenvalue weighted by Gasteiger charge is 2.40. The van der Waals surface area contributed by atoms with E-state index in [0.717, 1.165) is 29.0 Å². The summed E-state index contributed by atoms with van der Waals surface area (Å²) in [5, 5.41) is 3.51. The van der Waals surface area contributed by atoms with Crippen LogP contribution in [-0.2, 0) is 25.6 Å². The van der Waals surface area contributed by atoms with Crippen molar-refractivity contribution < 1.29 is 23.7 Å². The maximum absolute atomic E-state index is 12.4. The Bertz CT molecular complexity index is 870. The molecule has 2 aromatic rings. The van der Waals surface area contributed by atoms with Crippen molar-refractivity contribution in [2.75, 3.05) is 32.2 Å². The van der Waals surface area contributed by atoms with Crippen LogP contribution in [0.1, 0.15) is 37.8 Å². The summed E-state index contributed by atoms with van der Waals surface area (Å²) in [5.41, 5.74) is 3.12. The van der Waals surface area contributed by atoms with Crippen LogP contribution >= 0.6 is 0 Å². The van der Waals surface area contributed by atoms with E-state index in [4.69, 9.17) is 18.9 Å². The molecular weight excluding hydrogens is 418 g/mol. The van der Waals surface area contributed by atoms with E-state index in [-0.39, 0.29) is 30.0 Å². The predicted molar refractivity (Wildman–Crippen MR) is 130 cm³/mol. The van der Waals surface area contributed by atoms with Gasteiger partial charge in [-0.3, -0.25) is 4.79 Å². The van der Waals surface area contributed by atoms with Crippen molar-refractivity contribution in [3.05, 3.63) is 59.7 Å². The molecule has 3 rings (SSSR count). The highest BCUT2D eigenvalue weighted by Crippen LogP contribution is 2.30. The second-order valence-electron chi connectivity index (χ2n) is 8.99. The molecule has 180 valence electrons. The van der Waals surface area contributed by atoms with Gasteiger partial charge in [0.2, 0.25) is 0 Å². The van der Waals surface area contributed by atoms with Gasteiger partial charge in [0.15, 0.2) is 0 Å². The first-order valence-corrected chi connectivity index (χ1v) is 11.8. The molecule has 0 amide bonds. The third-order valence-electron chi connectivity index (χ3n) is 6.00. The predicted octanol–water partition coefficient (Wildman–Crippen LogP) is 5.00. The van der Waals surface area contributed by atoms with Crippen molar-refractivity contribution in [3.8, 4) is 5.75 Å². The molecule has 0 spiro atoms. The van der Waals surface area contributed by atoms with Gasteiger partial charge in [-0.05, 0) is 42.2 Å². The number of esters is 1. The Labute approximate surface area is 197 Å². The fourth-order valence-electron chi connectivity index (χ4n) is 3.99. The van der Waals surface area contributed by atoms with Crippen molar-refractivity contribution in [1.29, 1.82) is 0 Å². The number of para-hydroxylation sites is 1. The van der Waals surface area contributed by atoms with Crippen LogP contribution in [0.5, 0.6) is 5.75 Å². The minimum atomic E-state index is -0.220. The number of cyclic esters (lactones) is 1. The van der Waals surface area contributed by atoms with Gasteiger partial charge in [-0.1, -0.05) is 44.2 Å². The van der Waals surface area contributed by atoms with E-state index in [1.54, 1.807) is 7.11 Å². The van der Waals surface area contributed by atoms with Gasteiger partial charge < -0.3 is 24.3 Å². The van der Waals surface area contributed by atoms with Gasteiger partial charge in [0.1, 0.15) is 11.9 Å². The van der Waals surface area contributed by atoms with Crippen molar-refractivity contribution in [2.45, 2.75) is 52.4 Å². The van der Waals surface area contributed by atoms with Crippen molar-refractivity contribution in [2.24, 2.45) is 11.8 Å². The van der Waals surface area contributed by atoms with Crippen LogP contribution in [0.2, 0.25) is 0 Å². The van der Waals surface area contributed by atoms with E-state index >= 15 is 0 Å². The first-order valence-electron chi connectivity index (χ1n) is 11.8. The fourth-order valence-corrected chi connectivity index (χ4v) is 3.99. The maximum Gasteiger partial charge on any atom is 0.309 e. The Morgan fingerprint density at radius 2 is 1.91 bits per heavy atom. The Hall–Kier alpha value is -2.57. The topological polar surface area (TPSA) is 66.0 Å². The molecule has 0 radical (unpaired) electrons. The number of anilines is 1. The second kappa shape index (κ2) is 12.6. The van der Waals surface area contributed by atoms with E-state index in [1.165, 1.54) is 0 Å². The normalized spacial score (nSPS) is 18.9. The maximum atomic E-state index is 12.4. The molecule has 1 fully saturated rings. The van der Waals surface area contributed by atoms with Gasteiger partial charge in [0.05, 0.1) is 31.8 Å². The standard InChI is InChI=1S/C27H37NO5/c1-19(2)23-16-26(33-27(23)29)24(28-22-9-6-5-7-10-22)18-31-17-21-12-11-20(3)25(15-21)32-14-8-13-30-4/h5-7,9-12,15,19,23-24,26,28H,8,13-14,16-18H2,1-4H3/t23-,24-,26-/m0/s1. The lowest BCUT2D eigenvalue weighted by atomic mass is 9.91. The molecule has 33 heavy (non-hydrogen) atoms. The van der Waals surface area contributed by atoms with Gasteiger partial charge in [-0.25, -0.2) is 0 Å². The largest absolute Gasteiger partial charge is 0.493 e. The minimum absolute atomic E-state index is 0.0648. The summed E-state index contributed by atoms with van der Waals surface area (Å²) in [6, 6.07) is 16.0. The second-order valence-corrected chi connectivity index (χ2v) is 8.99. The SMILES string of the molecule is COCCCOc1cc(COC[C@H](Nc2ccccc2)[C@@H]2C[C@@H](C(C)C)C(=O)O2)ccc1C. The number of hydrogen-bond acceptors (Lipinski definition) is 6. The Kier molecular flexibility index (Phi) is 9.58. The molecule has 0 aromatic heterocycles. The van der Waals surface area contributed by atoms with E-state index in [2.05, 4.69) is 31.3 Å². The number of benzene rings is 2. The number of hydrogen-bond donors (Lipinski definition) is 1. The number of ether oxygens (including phenoxy) is 4. The molecule has 1 saturated heterocycles. The summed E-state index contributed by atoms with van der Waals surface area (Å²) in [6.45, 7) is 8.35. The van der Waals surface area contributed by atoms with Crippen LogP contribution in [0.3, 0.4) is 0 Å². The van der Waals surface area contributed by atoms with Crippen molar-refractivity contribution in [3.63, 3.8) is 0 Å². The summed E-state index contributed by atoms with van der Waals surface area (Å²) in [7, 11) is 1.69. The van der Waals surface area contributed by atoms with Crippen LogP contribution < -0.4 is 10.1 Å². The van der Waals surface area contributed by atoms with Crippen LogP contribution in [0.15, 0.2) is 48.5 Å². The first kappa shape index (κ1) is 25.1. The average molecular weight is 456 g/mol. The number of methoxy groups -OCH3 is 1.